The monoisotopic (exact) mass is 392 g/mol. The van der Waals surface area contributed by atoms with Crippen LogP contribution in [0.5, 0.6) is 0 Å². The number of hydrogen-bond acceptors (Lipinski definition) is 4. The molecule has 3 rings (SSSR count). The predicted molar refractivity (Wildman–Crippen MR) is 105 cm³/mol. The van der Waals surface area contributed by atoms with E-state index in [0.717, 1.165) is 41.8 Å². The number of piperidine rings is 1. The molecule has 1 aliphatic rings. The summed E-state index contributed by atoms with van der Waals surface area (Å²) in [6.45, 7) is 3.24. The van der Waals surface area contributed by atoms with Crippen molar-refractivity contribution < 1.29 is 13.2 Å². The fraction of sp³-hybridized carbons (Fsp3) is 0.421. The zero-order valence-electron chi connectivity index (χ0n) is 14.9. The Morgan fingerprint density at radius 2 is 1.92 bits per heavy atom. The van der Waals surface area contributed by atoms with Crippen molar-refractivity contribution in [3.05, 3.63) is 46.8 Å². The molecule has 0 saturated carbocycles. The molecule has 5 nitrogen and oxygen atoms in total. The van der Waals surface area contributed by atoms with Crippen LogP contribution in [0.2, 0.25) is 0 Å². The van der Waals surface area contributed by atoms with E-state index in [0.29, 0.717) is 17.3 Å². The summed E-state index contributed by atoms with van der Waals surface area (Å²) < 4.78 is 27.3. The second-order valence-electron chi connectivity index (χ2n) is 6.46. The van der Waals surface area contributed by atoms with Gasteiger partial charge >= 0.3 is 0 Å². The Morgan fingerprint density at radius 1 is 1.15 bits per heavy atom. The fourth-order valence-electron chi connectivity index (χ4n) is 3.06. The van der Waals surface area contributed by atoms with Gasteiger partial charge in [-0.15, -0.1) is 11.3 Å². The van der Waals surface area contributed by atoms with Crippen LogP contribution in [0.25, 0.3) is 0 Å². The third kappa shape index (κ3) is 4.52. The van der Waals surface area contributed by atoms with Gasteiger partial charge < -0.3 is 5.32 Å². The average molecular weight is 393 g/mol. The van der Waals surface area contributed by atoms with Crippen molar-refractivity contribution in [1.29, 1.82) is 0 Å². The number of aryl methyl sites for hydroxylation is 1. The Kier molecular flexibility index (Phi) is 6.11. The Labute approximate surface area is 159 Å². The number of amides is 1. The highest BCUT2D eigenvalue weighted by molar-refractivity contribution is 7.91. The highest BCUT2D eigenvalue weighted by Crippen LogP contribution is 2.27. The van der Waals surface area contributed by atoms with Crippen LogP contribution in [-0.4, -0.2) is 31.7 Å². The van der Waals surface area contributed by atoms with Crippen LogP contribution in [0.3, 0.4) is 0 Å². The highest BCUT2D eigenvalue weighted by Gasteiger charge is 2.27. The molecule has 0 unspecified atom stereocenters. The standard InChI is InChI=1S/C19H24N2O3S2/c1-2-15-7-6-8-16(13-15)20-18(22)14-17-9-10-19(25-17)26(23,24)21-11-4-3-5-12-21/h6-10,13H,2-5,11-12,14H2,1H3,(H,20,22). The normalized spacial score (nSPS) is 15.7. The molecule has 1 amide bonds. The van der Waals surface area contributed by atoms with Gasteiger partial charge in [0.25, 0.3) is 10.0 Å². The first kappa shape index (κ1) is 19.1. The number of nitrogens with one attached hydrogen (secondary N) is 1. The van der Waals surface area contributed by atoms with Crippen molar-refractivity contribution in [1.82, 2.24) is 4.31 Å². The molecule has 26 heavy (non-hydrogen) atoms. The lowest BCUT2D eigenvalue weighted by Crippen LogP contribution is -2.35. The number of anilines is 1. The lowest BCUT2D eigenvalue weighted by Gasteiger charge is -2.25. The van der Waals surface area contributed by atoms with Crippen LogP contribution < -0.4 is 5.32 Å². The number of benzene rings is 1. The lowest BCUT2D eigenvalue weighted by atomic mass is 10.1. The summed E-state index contributed by atoms with van der Waals surface area (Å²) >= 11 is 1.19. The molecule has 0 spiro atoms. The van der Waals surface area contributed by atoms with Gasteiger partial charge in [0.1, 0.15) is 4.21 Å². The van der Waals surface area contributed by atoms with Crippen LogP contribution in [0.4, 0.5) is 5.69 Å². The topological polar surface area (TPSA) is 66.5 Å². The molecular formula is C19H24N2O3S2. The molecule has 0 bridgehead atoms. The summed E-state index contributed by atoms with van der Waals surface area (Å²) in [4.78, 5) is 13.0. The van der Waals surface area contributed by atoms with Crippen molar-refractivity contribution in [2.75, 3.05) is 18.4 Å². The van der Waals surface area contributed by atoms with Crippen molar-refractivity contribution in [3.8, 4) is 0 Å². The molecule has 2 aromatic rings. The first-order valence-corrected chi connectivity index (χ1v) is 11.2. The van der Waals surface area contributed by atoms with Crippen LogP contribution in [0.1, 0.15) is 36.6 Å². The Hall–Kier alpha value is -1.70. The van der Waals surface area contributed by atoms with Gasteiger partial charge in [-0.3, -0.25) is 4.79 Å². The quantitative estimate of drug-likeness (QED) is 0.816. The van der Waals surface area contributed by atoms with Crippen LogP contribution >= 0.6 is 11.3 Å². The maximum absolute atomic E-state index is 12.7. The number of hydrogen-bond donors (Lipinski definition) is 1. The van der Waals surface area contributed by atoms with E-state index < -0.39 is 10.0 Å². The molecule has 2 heterocycles. The molecule has 1 aliphatic heterocycles. The van der Waals surface area contributed by atoms with Gasteiger partial charge in [-0.2, -0.15) is 4.31 Å². The molecule has 1 aromatic carbocycles. The smallest absolute Gasteiger partial charge is 0.252 e. The number of carbonyl (C=O) groups excluding carboxylic acids is 1. The second-order valence-corrected chi connectivity index (χ2v) is 9.80. The first-order valence-electron chi connectivity index (χ1n) is 8.96. The van der Waals surface area contributed by atoms with Crippen molar-refractivity contribution >= 4 is 33.0 Å². The lowest BCUT2D eigenvalue weighted by molar-refractivity contribution is -0.115. The van der Waals surface area contributed by atoms with Crippen LogP contribution in [0.15, 0.2) is 40.6 Å². The van der Waals surface area contributed by atoms with E-state index in [2.05, 4.69) is 12.2 Å². The highest BCUT2D eigenvalue weighted by atomic mass is 32.2. The van der Waals surface area contributed by atoms with E-state index in [4.69, 9.17) is 0 Å². The average Bonchev–Trinajstić information content (AvgIpc) is 3.11. The third-order valence-electron chi connectivity index (χ3n) is 4.50. The van der Waals surface area contributed by atoms with Gasteiger partial charge in [-0.05, 0) is 49.1 Å². The number of thiophene rings is 1. The molecule has 1 fully saturated rings. The Bertz CT molecular complexity index is 868. The summed E-state index contributed by atoms with van der Waals surface area (Å²) in [5.74, 6) is -0.137. The van der Waals surface area contributed by atoms with E-state index in [-0.39, 0.29) is 12.3 Å². The number of rotatable bonds is 6. The SMILES string of the molecule is CCc1cccc(NC(=O)Cc2ccc(S(=O)(=O)N3CCCCC3)s2)c1. The Balaban J connectivity index is 1.65. The van der Waals surface area contributed by atoms with E-state index in [1.165, 1.54) is 11.3 Å². The summed E-state index contributed by atoms with van der Waals surface area (Å²) in [5, 5.41) is 2.88. The molecule has 0 atom stereocenters. The van der Waals surface area contributed by atoms with Gasteiger partial charge in [0.2, 0.25) is 5.91 Å². The maximum atomic E-state index is 12.7. The van der Waals surface area contributed by atoms with E-state index in [1.54, 1.807) is 16.4 Å². The van der Waals surface area contributed by atoms with Crippen molar-refractivity contribution in [2.24, 2.45) is 0 Å². The Morgan fingerprint density at radius 3 is 2.65 bits per heavy atom. The van der Waals surface area contributed by atoms with Crippen molar-refractivity contribution in [2.45, 2.75) is 43.2 Å². The van der Waals surface area contributed by atoms with Crippen molar-refractivity contribution in [3.63, 3.8) is 0 Å². The van der Waals surface area contributed by atoms with Gasteiger partial charge in [0, 0.05) is 23.7 Å². The zero-order chi connectivity index (χ0) is 18.6. The first-order chi connectivity index (χ1) is 12.5. The van der Waals surface area contributed by atoms with Crippen LogP contribution in [-0.2, 0) is 27.7 Å². The molecule has 0 aliphatic carbocycles. The predicted octanol–water partition coefficient (Wildman–Crippen LogP) is 3.67. The molecule has 7 heteroatoms. The summed E-state index contributed by atoms with van der Waals surface area (Å²) in [7, 11) is -3.42. The van der Waals surface area contributed by atoms with E-state index in [9.17, 15) is 13.2 Å². The van der Waals surface area contributed by atoms with E-state index >= 15 is 0 Å². The number of sulfonamides is 1. The fourth-order valence-corrected chi connectivity index (χ4v) is 6.08. The van der Waals surface area contributed by atoms with Gasteiger partial charge in [0.15, 0.2) is 0 Å². The van der Waals surface area contributed by atoms with Gasteiger partial charge in [-0.25, -0.2) is 8.42 Å². The molecule has 0 radical (unpaired) electrons. The molecule has 1 saturated heterocycles. The molecule has 1 N–H and O–H groups in total. The van der Waals surface area contributed by atoms with Gasteiger partial charge in [0.05, 0.1) is 6.42 Å². The maximum Gasteiger partial charge on any atom is 0.252 e. The molecule has 140 valence electrons. The second kappa shape index (κ2) is 8.33. The van der Waals surface area contributed by atoms with Crippen LogP contribution in [0, 0.1) is 0 Å². The number of carbonyl (C=O) groups is 1. The minimum absolute atomic E-state index is 0.137. The largest absolute Gasteiger partial charge is 0.326 e. The summed E-state index contributed by atoms with van der Waals surface area (Å²) in [6.07, 6.45) is 4.00. The minimum Gasteiger partial charge on any atom is -0.326 e. The molecular weight excluding hydrogens is 368 g/mol. The summed E-state index contributed by atoms with van der Waals surface area (Å²) in [5.41, 5.74) is 1.93. The number of nitrogens with zero attached hydrogens (tertiary/aromatic N) is 1. The third-order valence-corrected chi connectivity index (χ3v) is 7.95. The minimum atomic E-state index is -3.42. The van der Waals surface area contributed by atoms with Gasteiger partial charge in [-0.1, -0.05) is 25.5 Å². The molecule has 1 aromatic heterocycles. The summed E-state index contributed by atoms with van der Waals surface area (Å²) in [6, 6.07) is 11.1. The van der Waals surface area contributed by atoms with E-state index in [1.807, 2.05) is 24.3 Å². The zero-order valence-corrected chi connectivity index (χ0v) is 16.5.